The second kappa shape index (κ2) is 7.70. The first-order valence-corrected chi connectivity index (χ1v) is 7.67. The third-order valence-electron chi connectivity index (χ3n) is 3.48. The molecule has 1 aromatic heterocycles. The zero-order valence-corrected chi connectivity index (χ0v) is 13.3. The molecule has 0 radical (unpaired) electrons. The van der Waals surface area contributed by atoms with Crippen LogP contribution in [0.25, 0.3) is 0 Å². The Morgan fingerprint density at radius 1 is 1.04 bits per heavy atom. The van der Waals surface area contributed by atoms with Crippen LogP contribution in [0.4, 0.5) is 11.6 Å². The van der Waals surface area contributed by atoms with Gasteiger partial charge in [-0.1, -0.05) is 42.5 Å². The molecule has 1 amide bonds. The number of nitrogens with zero attached hydrogens (tertiary/aromatic N) is 3. The lowest BCUT2D eigenvalue weighted by Gasteiger charge is -2.08. The molecule has 6 nitrogen and oxygen atoms in total. The molecule has 6 heteroatoms. The molecule has 0 bridgehead atoms. The molecule has 0 aliphatic rings. The van der Waals surface area contributed by atoms with Crippen LogP contribution in [0.3, 0.4) is 0 Å². The molecule has 3 aromatic rings. The Morgan fingerprint density at radius 2 is 1.80 bits per heavy atom. The summed E-state index contributed by atoms with van der Waals surface area (Å²) in [5.74, 6) is -0.0297. The fraction of sp³-hybridized carbons (Fsp3) is 0.0526. The van der Waals surface area contributed by atoms with Gasteiger partial charge in [0.2, 0.25) is 5.95 Å². The van der Waals surface area contributed by atoms with Crippen molar-refractivity contribution in [3.05, 3.63) is 83.7 Å². The highest BCUT2D eigenvalue weighted by Crippen LogP contribution is 2.17. The van der Waals surface area contributed by atoms with Crippen LogP contribution in [0.2, 0.25) is 0 Å². The van der Waals surface area contributed by atoms with E-state index in [1.54, 1.807) is 30.3 Å². The number of rotatable bonds is 5. The van der Waals surface area contributed by atoms with Gasteiger partial charge in [0.05, 0.1) is 11.3 Å². The topological polar surface area (TPSA) is 90.7 Å². The predicted molar refractivity (Wildman–Crippen MR) is 94.1 cm³/mol. The summed E-state index contributed by atoms with van der Waals surface area (Å²) < 4.78 is 0. The zero-order chi connectivity index (χ0) is 17.5. The quantitative estimate of drug-likeness (QED) is 0.751. The van der Waals surface area contributed by atoms with Crippen LogP contribution in [-0.2, 0) is 6.54 Å². The largest absolute Gasteiger partial charge is 0.347 e. The van der Waals surface area contributed by atoms with Crippen molar-refractivity contribution in [2.24, 2.45) is 0 Å². The van der Waals surface area contributed by atoms with Crippen molar-refractivity contribution in [2.75, 3.05) is 5.32 Å². The zero-order valence-electron chi connectivity index (χ0n) is 13.3. The van der Waals surface area contributed by atoms with E-state index in [0.717, 1.165) is 5.56 Å². The van der Waals surface area contributed by atoms with Gasteiger partial charge in [-0.25, -0.2) is 9.97 Å². The van der Waals surface area contributed by atoms with Gasteiger partial charge in [0, 0.05) is 12.7 Å². The Morgan fingerprint density at radius 3 is 2.60 bits per heavy atom. The van der Waals surface area contributed by atoms with Gasteiger partial charge in [-0.2, -0.15) is 5.26 Å². The first-order chi connectivity index (χ1) is 12.3. The third-order valence-corrected chi connectivity index (χ3v) is 3.48. The van der Waals surface area contributed by atoms with E-state index >= 15 is 0 Å². The standard InChI is InChI=1S/C19H15N5O/c20-12-15-8-4-5-9-16(15)23-19-21-11-10-17(24-19)18(25)22-13-14-6-2-1-3-7-14/h1-11H,13H2,(H,22,25)(H,21,23,24). The van der Waals surface area contributed by atoms with E-state index in [0.29, 0.717) is 17.8 Å². The maximum Gasteiger partial charge on any atom is 0.270 e. The highest BCUT2D eigenvalue weighted by molar-refractivity contribution is 5.92. The molecule has 0 aliphatic heterocycles. The highest BCUT2D eigenvalue weighted by atomic mass is 16.1. The molecular weight excluding hydrogens is 314 g/mol. The number of nitrogens with one attached hydrogen (secondary N) is 2. The lowest BCUT2D eigenvalue weighted by molar-refractivity contribution is 0.0946. The molecule has 3 rings (SSSR count). The summed E-state index contributed by atoms with van der Waals surface area (Å²) in [7, 11) is 0. The number of nitriles is 1. The molecule has 2 N–H and O–H groups in total. The molecule has 0 aliphatic carbocycles. The monoisotopic (exact) mass is 329 g/mol. The van der Waals surface area contributed by atoms with Crippen molar-refractivity contribution in [1.82, 2.24) is 15.3 Å². The number of amides is 1. The summed E-state index contributed by atoms with van der Waals surface area (Å²) >= 11 is 0. The van der Waals surface area contributed by atoms with Crippen molar-refractivity contribution in [1.29, 1.82) is 5.26 Å². The molecular formula is C19H15N5O. The van der Waals surface area contributed by atoms with Gasteiger partial charge in [0.25, 0.3) is 5.91 Å². The average Bonchev–Trinajstić information content (AvgIpc) is 2.67. The van der Waals surface area contributed by atoms with Gasteiger partial charge >= 0.3 is 0 Å². The number of carbonyl (C=O) groups is 1. The Kier molecular flexibility index (Phi) is 4.98. The summed E-state index contributed by atoms with van der Waals surface area (Å²) in [5.41, 5.74) is 2.32. The van der Waals surface area contributed by atoms with Crippen LogP contribution in [0, 0.1) is 11.3 Å². The summed E-state index contributed by atoms with van der Waals surface area (Å²) in [4.78, 5) is 20.6. The third kappa shape index (κ3) is 4.18. The number of anilines is 2. The summed E-state index contributed by atoms with van der Waals surface area (Å²) in [6.45, 7) is 0.420. The van der Waals surface area contributed by atoms with Crippen LogP contribution in [0.5, 0.6) is 0 Å². The number of para-hydroxylation sites is 1. The van der Waals surface area contributed by atoms with Crippen LogP contribution >= 0.6 is 0 Å². The van der Waals surface area contributed by atoms with E-state index in [9.17, 15) is 4.79 Å². The lowest BCUT2D eigenvalue weighted by Crippen LogP contribution is -2.24. The fourth-order valence-electron chi connectivity index (χ4n) is 2.22. The minimum Gasteiger partial charge on any atom is -0.347 e. The minimum absolute atomic E-state index is 0.253. The highest BCUT2D eigenvalue weighted by Gasteiger charge is 2.09. The van der Waals surface area contributed by atoms with Crippen molar-refractivity contribution < 1.29 is 4.79 Å². The second-order valence-corrected chi connectivity index (χ2v) is 5.22. The Balaban J connectivity index is 1.71. The first kappa shape index (κ1) is 16.1. The van der Waals surface area contributed by atoms with E-state index in [1.165, 1.54) is 6.20 Å². The lowest BCUT2D eigenvalue weighted by atomic mass is 10.2. The Hall–Kier alpha value is -3.72. The van der Waals surface area contributed by atoms with Crippen molar-refractivity contribution in [2.45, 2.75) is 6.54 Å². The molecule has 1 heterocycles. The van der Waals surface area contributed by atoms with Gasteiger partial charge in [-0.05, 0) is 23.8 Å². The number of aromatic nitrogens is 2. The van der Waals surface area contributed by atoms with Crippen molar-refractivity contribution in [3.8, 4) is 6.07 Å². The van der Waals surface area contributed by atoms with Gasteiger partial charge in [-0.15, -0.1) is 0 Å². The molecule has 2 aromatic carbocycles. The van der Waals surface area contributed by atoms with E-state index < -0.39 is 0 Å². The molecule has 0 fully saturated rings. The smallest absolute Gasteiger partial charge is 0.270 e. The number of carbonyl (C=O) groups excluding carboxylic acids is 1. The normalized spacial score (nSPS) is 9.88. The van der Waals surface area contributed by atoms with E-state index in [1.807, 2.05) is 30.3 Å². The predicted octanol–water partition coefficient (Wildman–Crippen LogP) is 3.02. The molecule has 0 spiro atoms. The van der Waals surface area contributed by atoms with Crippen LogP contribution in [0.1, 0.15) is 21.6 Å². The summed E-state index contributed by atoms with van der Waals surface area (Å²) in [6, 6.07) is 20.3. The van der Waals surface area contributed by atoms with E-state index in [2.05, 4.69) is 26.7 Å². The minimum atomic E-state index is -0.289. The fourth-order valence-corrected chi connectivity index (χ4v) is 2.22. The van der Waals surface area contributed by atoms with Crippen LogP contribution in [0.15, 0.2) is 66.9 Å². The van der Waals surface area contributed by atoms with Crippen molar-refractivity contribution >= 4 is 17.5 Å². The molecule has 0 unspecified atom stereocenters. The van der Waals surface area contributed by atoms with Gasteiger partial charge in [-0.3, -0.25) is 4.79 Å². The van der Waals surface area contributed by atoms with E-state index in [4.69, 9.17) is 5.26 Å². The summed E-state index contributed by atoms with van der Waals surface area (Å²) in [6.07, 6.45) is 1.50. The molecule has 0 atom stereocenters. The van der Waals surface area contributed by atoms with Crippen LogP contribution in [-0.4, -0.2) is 15.9 Å². The number of benzene rings is 2. The maximum absolute atomic E-state index is 12.3. The average molecular weight is 329 g/mol. The molecule has 25 heavy (non-hydrogen) atoms. The van der Waals surface area contributed by atoms with Gasteiger partial charge in [0.15, 0.2) is 0 Å². The van der Waals surface area contributed by atoms with Crippen LogP contribution < -0.4 is 10.6 Å². The molecule has 0 saturated carbocycles. The first-order valence-electron chi connectivity index (χ1n) is 7.67. The molecule has 122 valence electrons. The summed E-state index contributed by atoms with van der Waals surface area (Å²) in [5, 5.41) is 14.9. The second-order valence-electron chi connectivity index (χ2n) is 5.22. The number of hydrogen-bond donors (Lipinski definition) is 2. The van der Waals surface area contributed by atoms with Gasteiger partial charge in [0.1, 0.15) is 11.8 Å². The van der Waals surface area contributed by atoms with Crippen molar-refractivity contribution in [3.63, 3.8) is 0 Å². The number of hydrogen-bond acceptors (Lipinski definition) is 5. The molecule has 0 saturated heterocycles. The SMILES string of the molecule is N#Cc1ccccc1Nc1nccc(C(=O)NCc2ccccc2)n1. The van der Waals surface area contributed by atoms with Gasteiger partial charge < -0.3 is 10.6 Å². The Bertz CT molecular complexity index is 918. The Labute approximate surface area is 145 Å². The maximum atomic E-state index is 12.3. The van der Waals surface area contributed by atoms with E-state index in [-0.39, 0.29) is 17.5 Å².